The number of hydrogen-bond donors (Lipinski definition) is 0. The smallest absolute Gasteiger partial charge is 0.114 e. The molecule has 2 aromatic heterocycles. The van der Waals surface area contributed by atoms with Gasteiger partial charge in [0.25, 0.3) is 0 Å². The summed E-state index contributed by atoms with van der Waals surface area (Å²) < 4.78 is 2.25. The topological polar surface area (TPSA) is 30.7 Å². The monoisotopic (exact) mass is 278 g/mol. The summed E-state index contributed by atoms with van der Waals surface area (Å²) in [6, 6.07) is 13.4. The zero-order valence-corrected chi connectivity index (χ0v) is 12.8. The van der Waals surface area contributed by atoms with Gasteiger partial charge in [-0.2, -0.15) is 0 Å². The van der Waals surface area contributed by atoms with Crippen molar-refractivity contribution in [2.24, 2.45) is 0 Å². The molecule has 1 aromatic carbocycles. The molecular weight excluding hydrogens is 258 g/mol. The Kier molecular flexibility index (Phi) is 3.74. The van der Waals surface area contributed by atoms with Crippen LogP contribution < -0.4 is 0 Å². The second kappa shape index (κ2) is 5.68. The molecule has 3 nitrogen and oxygen atoms in total. The second-order valence-corrected chi connectivity index (χ2v) is 5.45. The maximum Gasteiger partial charge on any atom is 0.114 e. The number of aryl methyl sites for hydroxylation is 3. The quantitative estimate of drug-likeness (QED) is 0.716. The molecule has 0 fully saturated rings. The van der Waals surface area contributed by atoms with Crippen LogP contribution in [0.4, 0.5) is 0 Å². The zero-order valence-electron chi connectivity index (χ0n) is 12.8. The van der Waals surface area contributed by atoms with Gasteiger partial charge in [0, 0.05) is 17.8 Å². The molecule has 0 spiro atoms. The molecule has 0 bridgehead atoms. The van der Waals surface area contributed by atoms with E-state index >= 15 is 0 Å². The third-order valence-electron chi connectivity index (χ3n) is 3.72. The fourth-order valence-electron chi connectivity index (χ4n) is 2.74. The van der Waals surface area contributed by atoms with E-state index < -0.39 is 0 Å². The summed E-state index contributed by atoms with van der Waals surface area (Å²) in [5.74, 6) is 1.11. The number of aromatic nitrogens is 3. The lowest BCUT2D eigenvalue weighted by Crippen LogP contribution is -2.01. The molecule has 3 aromatic rings. The fraction of sp³-hybridized carbons (Fsp3) is 0.333. The van der Waals surface area contributed by atoms with Gasteiger partial charge in [-0.15, -0.1) is 0 Å². The normalized spacial score (nSPS) is 11.2. The molecule has 107 valence electrons. The first-order valence-electron chi connectivity index (χ1n) is 7.52. The summed E-state index contributed by atoms with van der Waals surface area (Å²) in [5, 5.41) is 0. The SMILES string of the molecule is CCCCc1nc2c(C)nc(C)cc2n1-c1c[c]ccc1. The maximum atomic E-state index is 4.85. The number of hydrogen-bond acceptors (Lipinski definition) is 2. The molecule has 0 aliphatic carbocycles. The van der Waals surface area contributed by atoms with Crippen LogP contribution in [0.3, 0.4) is 0 Å². The minimum Gasteiger partial charge on any atom is -0.296 e. The lowest BCUT2D eigenvalue weighted by Gasteiger charge is -2.09. The third-order valence-corrected chi connectivity index (χ3v) is 3.72. The molecule has 0 unspecified atom stereocenters. The van der Waals surface area contributed by atoms with Gasteiger partial charge in [0.05, 0.1) is 11.2 Å². The molecule has 0 amide bonds. The van der Waals surface area contributed by atoms with E-state index in [1.54, 1.807) is 0 Å². The average molecular weight is 278 g/mol. The minimum atomic E-state index is 0.985. The summed E-state index contributed by atoms with van der Waals surface area (Å²) in [4.78, 5) is 9.40. The fourth-order valence-corrected chi connectivity index (χ4v) is 2.74. The van der Waals surface area contributed by atoms with Gasteiger partial charge < -0.3 is 0 Å². The van der Waals surface area contributed by atoms with Crippen molar-refractivity contribution < 1.29 is 0 Å². The zero-order chi connectivity index (χ0) is 14.8. The van der Waals surface area contributed by atoms with Crippen molar-refractivity contribution in [3.63, 3.8) is 0 Å². The number of unbranched alkanes of at least 4 members (excludes halogenated alkanes) is 1. The van der Waals surface area contributed by atoms with Crippen molar-refractivity contribution >= 4 is 11.0 Å². The molecule has 0 atom stereocenters. The first-order valence-corrected chi connectivity index (χ1v) is 7.52. The number of pyridine rings is 1. The van der Waals surface area contributed by atoms with E-state index in [2.05, 4.69) is 34.7 Å². The Morgan fingerprint density at radius 3 is 2.81 bits per heavy atom. The van der Waals surface area contributed by atoms with E-state index in [-0.39, 0.29) is 0 Å². The van der Waals surface area contributed by atoms with Gasteiger partial charge in [-0.3, -0.25) is 9.55 Å². The van der Waals surface area contributed by atoms with Crippen molar-refractivity contribution in [3.8, 4) is 5.69 Å². The molecule has 0 aliphatic heterocycles. The predicted molar refractivity (Wildman–Crippen MR) is 85.8 cm³/mol. The van der Waals surface area contributed by atoms with Crippen LogP contribution in [-0.4, -0.2) is 14.5 Å². The second-order valence-electron chi connectivity index (χ2n) is 5.45. The van der Waals surface area contributed by atoms with Crippen LogP contribution in [0.1, 0.15) is 37.0 Å². The number of rotatable bonds is 4. The molecule has 1 radical (unpaired) electrons. The van der Waals surface area contributed by atoms with E-state index in [1.165, 1.54) is 6.42 Å². The van der Waals surface area contributed by atoms with Crippen molar-refractivity contribution in [1.29, 1.82) is 0 Å². The number of nitrogens with zero attached hydrogens (tertiary/aromatic N) is 3. The first kappa shape index (κ1) is 13.8. The van der Waals surface area contributed by atoms with Crippen molar-refractivity contribution in [2.45, 2.75) is 40.0 Å². The van der Waals surface area contributed by atoms with Crippen LogP contribution in [-0.2, 0) is 6.42 Å². The van der Waals surface area contributed by atoms with Crippen LogP contribution in [0.2, 0.25) is 0 Å². The number of benzene rings is 1. The molecule has 0 saturated carbocycles. The summed E-state index contributed by atoms with van der Waals surface area (Å²) in [7, 11) is 0. The van der Waals surface area contributed by atoms with Crippen LogP contribution in [0.25, 0.3) is 16.7 Å². The molecular formula is C18H20N3. The number of imidazole rings is 1. The molecule has 21 heavy (non-hydrogen) atoms. The molecule has 0 aliphatic rings. The molecule has 0 N–H and O–H groups in total. The van der Waals surface area contributed by atoms with Gasteiger partial charge in [-0.25, -0.2) is 4.98 Å². The van der Waals surface area contributed by atoms with E-state index in [0.29, 0.717) is 0 Å². The van der Waals surface area contributed by atoms with E-state index in [1.807, 2.05) is 32.0 Å². The van der Waals surface area contributed by atoms with Crippen LogP contribution in [0.15, 0.2) is 30.3 Å². The molecule has 0 saturated heterocycles. The Morgan fingerprint density at radius 2 is 2.10 bits per heavy atom. The van der Waals surface area contributed by atoms with Gasteiger partial charge in [0.1, 0.15) is 11.3 Å². The first-order chi connectivity index (χ1) is 10.2. The van der Waals surface area contributed by atoms with Crippen molar-refractivity contribution in [2.75, 3.05) is 0 Å². The van der Waals surface area contributed by atoms with E-state index in [4.69, 9.17) is 4.98 Å². The summed E-state index contributed by atoms with van der Waals surface area (Å²) in [6.45, 7) is 6.28. The van der Waals surface area contributed by atoms with Gasteiger partial charge >= 0.3 is 0 Å². The Bertz CT molecular complexity index is 757. The highest BCUT2D eigenvalue weighted by Gasteiger charge is 2.14. The van der Waals surface area contributed by atoms with Gasteiger partial charge in [0.2, 0.25) is 0 Å². The summed E-state index contributed by atoms with van der Waals surface area (Å²) >= 11 is 0. The Labute approximate surface area is 125 Å². The average Bonchev–Trinajstić information content (AvgIpc) is 2.84. The van der Waals surface area contributed by atoms with Crippen molar-refractivity contribution in [1.82, 2.24) is 14.5 Å². The Balaban J connectivity index is 2.27. The lowest BCUT2D eigenvalue weighted by molar-refractivity contribution is 0.744. The van der Waals surface area contributed by atoms with Crippen LogP contribution >= 0.6 is 0 Å². The van der Waals surface area contributed by atoms with Crippen molar-refractivity contribution in [3.05, 3.63) is 53.6 Å². The molecule has 2 heterocycles. The Morgan fingerprint density at radius 1 is 1.24 bits per heavy atom. The minimum absolute atomic E-state index is 0.985. The Hall–Kier alpha value is -2.16. The van der Waals surface area contributed by atoms with Gasteiger partial charge in [-0.1, -0.05) is 25.5 Å². The lowest BCUT2D eigenvalue weighted by atomic mass is 10.2. The van der Waals surface area contributed by atoms with Crippen LogP contribution in [0.5, 0.6) is 0 Å². The number of fused-ring (bicyclic) bond motifs is 1. The molecule has 3 heteroatoms. The largest absolute Gasteiger partial charge is 0.296 e. The third kappa shape index (κ3) is 2.56. The van der Waals surface area contributed by atoms with E-state index in [9.17, 15) is 0 Å². The summed E-state index contributed by atoms with van der Waals surface area (Å²) in [6.07, 6.45) is 3.30. The van der Waals surface area contributed by atoms with E-state index in [0.717, 1.165) is 46.8 Å². The standard InChI is InChI=1S/C18H20N3/c1-4-5-11-17-20-18-14(3)19-13(2)12-16(18)21(17)15-9-7-6-8-10-15/h6-7,9-10,12H,4-5,11H2,1-3H3. The van der Waals surface area contributed by atoms with Crippen LogP contribution in [0, 0.1) is 19.9 Å². The maximum absolute atomic E-state index is 4.85. The highest BCUT2D eigenvalue weighted by molar-refractivity contribution is 5.80. The summed E-state index contributed by atoms with van der Waals surface area (Å²) in [5.41, 5.74) is 5.31. The highest BCUT2D eigenvalue weighted by Crippen LogP contribution is 2.24. The van der Waals surface area contributed by atoms with Gasteiger partial charge in [-0.05, 0) is 44.5 Å². The highest BCUT2D eigenvalue weighted by atomic mass is 15.1. The predicted octanol–water partition coefficient (Wildman–Crippen LogP) is 4.18. The molecule has 3 rings (SSSR count). The van der Waals surface area contributed by atoms with Gasteiger partial charge in [0.15, 0.2) is 0 Å².